The zero-order chi connectivity index (χ0) is 23.6. The third kappa shape index (κ3) is 5.27. The Labute approximate surface area is 194 Å². The zero-order valence-electron chi connectivity index (χ0n) is 19.1. The minimum absolute atomic E-state index is 0.0440. The summed E-state index contributed by atoms with van der Waals surface area (Å²) in [5.74, 6) is 0.943. The highest BCUT2D eigenvalue weighted by Crippen LogP contribution is 2.26. The lowest BCUT2D eigenvalue weighted by Gasteiger charge is -2.27. The Morgan fingerprint density at radius 2 is 1.88 bits per heavy atom. The van der Waals surface area contributed by atoms with Crippen LogP contribution in [0.3, 0.4) is 0 Å². The summed E-state index contributed by atoms with van der Waals surface area (Å²) in [6.45, 7) is 6.80. The number of hydrogen-bond acceptors (Lipinski definition) is 6. The van der Waals surface area contributed by atoms with Gasteiger partial charge in [0.2, 0.25) is 0 Å². The van der Waals surface area contributed by atoms with Crippen LogP contribution in [-0.4, -0.2) is 48.5 Å². The molecule has 0 spiro atoms. The summed E-state index contributed by atoms with van der Waals surface area (Å²) >= 11 is 0. The van der Waals surface area contributed by atoms with Gasteiger partial charge in [0.15, 0.2) is 21.3 Å². The van der Waals surface area contributed by atoms with E-state index in [1.54, 1.807) is 11.0 Å². The van der Waals surface area contributed by atoms with Gasteiger partial charge in [0.05, 0.1) is 18.1 Å². The molecule has 4 rings (SSSR count). The van der Waals surface area contributed by atoms with E-state index in [-0.39, 0.29) is 29.7 Å². The van der Waals surface area contributed by atoms with Crippen molar-refractivity contribution in [3.8, 4) is 17.1 Å². The highest BCUT2D eigenvalue weighted by molar-refractivity contribution is 7.91. The predicted octanol–water partition coefficient (Wildman–Crippen LogP) is 4.19. The molecule has 1 saturated heterocycles. The fraction of sp³-hybridized carbons (Fsp3) is 0.360. The quantitative estimate of drug-likeness (QED) is 0.517. The monoisotopic (exact) mass is 468 g/mol. The number of aryl methyl sites for hydroxylation is 2. The third-order valence-electron chi connectivity index (χ3n) is 6.02. The fourth-order valence-corrected chi connectivity index (χ4v) is 5.73. The number of hydrogen-bond donors (Lipinski definition) is 0. The zero-order valence-corrected chi connectivity index (χ0v) is 19.9. The molecule has 2 aromatic carbocycles. The summed E-state index contributed by atoms with van der Waals surface area (Å²) in [6, 6.07) is 14.6. The molecule has 0 saturated carbocycles. The van der Waals surface area contributed by atoms with Gasteiger partial charge in [-0.15, -0.1) is 0 Å². The van der Waals surface area contributed by atoms with Crippen molar-refractivity contribution in [1.82, 2.24) is 10.1 Å². The number of carbonyl (C=O) groups excluding carboxylic acids is 1. The Morgan fingerprint density at radius 3 is 2.52 bits per heavy atom. The molecular formula is C25H28N2O5S. The molecule has 0 radical (unpaired) electrons. The van der Waals surface area contributed by atoms with Crippen molar-refractivity contribution in [1.29, 1.82) is 0 Å². The molecule has 1 unspecified atom stereocenters. The van der Waals surface area contributed by atoms with Gasteiger partial charge in [-0.25, -0.2) is 8.42 Å². The lowest BCUT2D eigenvalue weighted by molar-refractivity contribution is 0.0670. The highest BCUT2D eigenvalue weighted by Gasteiger charge is 2.36. The molecule has 1 aliphatic rings. The molecule has 1 aliphatic heterocycles. The second-order valence-corrected chi connectivity index (χ2v) is 10.7. The van der Waals surface area contributed by atoms with E-state index < -0.39 is 15.9 Å². The summed E-state index contributed by atoms with van der Waals surface area (Å²) < 4.78 is 35.2. The average molecular weight is 469 g/mol. The third-order valence-corrected chi connectivity index (χ3v) is 7.77. The molecule has 3 aromatic rings. The Morgan fingerprint density at radius 1 is 1.12 bits per heavy atom. The van der Waals surface area contributed by atoms with Gasteiger partial charge in [-0.1, -0.05) is 29.4 Å². The van der Waals surface area contributed by atoms with E-state index >= 15 is 0 Å². The van der Waals surface area contributed by atoms with Crippen molar-refractivity contribution in [3.05, 3.63) is 70.9 Å². The first-order chi connectivity index (χ1) is 15.8. The first kappa shape index (κ1) is 23.0. The first-order valence-corrected chi connectivity index (χ1v) is 12.9. The molecule has 1 atom stereocenters. The molecule has 1 fully saturated rings. The molecule has 0 bridgehead atoms. The number of aromatic nitrogens is 1. The van der Waals surface area contributed by atoms with E-state index in [0.717, 1.165) is 22.4 Å². The maximum atomic E-state index is 13.5. The van der Waals surface area contributed by atoms with E-state index in [1.165, 1.54) is 5.56 Å². The summed E-state index contributed by atoms with van der Waals surface area (Å²) in [6.07, 6.45) is 0.410. The molecule has 33 heavy (non-hydrogen) atoms. The second-order valence-electron chi connectivity index (χ2n) is 8.44. The summed E-state index contributed by atoms with van der Waals surface area (Å²) in [5, 5.41) is 4.02. The van der Waals surface area contributed by atoms with Gasteiger partial charge in [0.25, 0.3) is 5.91 Å². The highest BCUT2D eigenvalue weighted by atomic mass is 32.2. The number of sulfone groups is 1. The minimum atomic E-state index is -3.17. The Bertz CT molecular complexity index is 1250. The number of amides is 1. The van der Waals surface area contributed by atoms with Gasteiger partial charge < -0.3 is 14.2 Å². The Balaban J connectivity index is 1.60. The lowest BCUT2D eigenvalue weighted by atomic mass is 10.0. The average Bonchev–Trinajstić information content (AvgIpc) is 3.41. The summed E-state index contributed by atoms with van der Waals surface area (Å²) in [4.78, 5) is 15.1. The molecular weight excluding hydrogens is 440 g/mol. The Kier molecular flexibility index (Phi) is 6.56. The van der Waals surface area contributed by atoms with Crippen LogP contribution in [0.4, 0.5) is 0 Å². The topological polar surface area (TPSA) is 89.7 Å². The molecule has 174 valence electrons. The maximum absolute atomic E-state index is 13.5. The van der Waals surface area contributed by atoms with Gasteiger partial charge in [0.1, 0.15) is 5.75 Å². The molecule has 8 heteroatoms. The van der Waals surface area contributed by atoms with Gasteiger partial charge in [-0.2, -0.15) is 0 Å². The standard InChI is InChI=1S/C25H28N2O5S/c1-4-31-22-9-6-19(7-10-22)15-27(21-11-12-33(29,30)16-21)25(28)23-14-24(32-26-23)20-8-5-17(2)18(3)13-20/h5-10,13-14,21H,4,11-12,15-16H2,1-3H3. The maximum Gasteiger partial charge on any atom is 0.276 e. The molecule has 2 heterocycles. The van der Waals surface area contributed by atoms with E-state index in [1.807, 2.05) is 63.2 Å². The summed E-state index contributed by atoms with van der Waals surface area (Å²) in [7, 11) is -3.17. The van der Waals surface area contributed by atoms with Crippen molar-refractivity contribution in [2.45, 2.75) is 39.8 Å². The van der Waals surface area contributed by atoms with Crippen LogP contribution < -0.4 is 4.74 Å². The normalized spacial score (nSPS) is 17.1. The van der Waals surface area contributed by atoms with Gasteiger partial charge in [0, 0.05) is 24.2 Å². The van der Waals surface area contributed by atoms with Crippen LogP contribution in [0.25, 0.3) is 11.3 Å². The second kappa shape index (κ2) is 9.39. The SMILES string of the molecule is CCOc1ccc(CN(C(=O)c2cc(-c3ccc(C)c(C)c3)on2)C2CCS(=O)(=O)C2)cc1. The molecule has 1 amide bonds. The van der Waals surface area contributed by atoms with E-state index in [9.17, 15) is 13.2 Å². The first-order valence-electron chi connectivity index (χ1n) is 11.0. The molecule has 1 aromatic heterocycles. The number of rotatable bonds is 7. The van der Waals surface area contributed by atoms with Crippen LogP contribution in [0.2, 0.25) is 0 Å². The van der Waals surface area contributed by atoms with Crippen molar-refractivity contribution in [3.63, 3.8) is 0 Å². The number of nitrogens with zero attached hydrogens (tertiary/aromatic N) is 2. The van der Waals surface area contributed by atoms with Gasteiger partial charge in [-0.05, 0) is 62.1 Å². The Hall–Kier alpha value is -3.13. The number of benzene rings is 2. The molecule has 0 aliphatic carbocycles. The predicted molar refractivity (Wildman–Crippen MR) is 126 cm³/mol. The molecule has 7 nitrogen and oxygen atoms in total. The number of ether oxygens (including phenoxy) is 1. The fourth-order valence-electron chi connectivity index (χ4n) is 4.00. The van der Waals surface area contributed by atoms with Crippen LogP contribution in [0.1, 0.15) is 40.5 Å². The van der Waals surface area contributed by atoms with Crippen molar-refractivity contribution >= 4 is 15.7 Å². The van der Waals surface area contributed by atoms with Crippen LogP contribution >= 0.6 is 0 Å². The molecule has 0 N–H and O–H groups in total. The van der Waals surface area contributed by atoms with Gasteiger partial charge in [-0.3, -0.25) is 4.79 Å². The van der Waals surface area contributed by atoms with Crippen LogP contribution in [0, 0.1) is 13.8 Å². The van der Waals surface area contributed by atoms with Crippen molar-refractivity contribution in [2.75, 3.05) is 18.1 Å². The van der Waals surface area contributed by atoms with Crippen molar-refractivity contribution < 1.29 is 22.5 Å². The van der Waals surface area contributed by atoms with Gasteiger partial charge >= 0.3 is 0 Å². The van der Waals surface area contributed by atoms with E-state index in [0.29, 0.717) is 18.8 Å². The lowest BCUT2D eigenvalue weighted by Crippen LogP contribution is -2.40. The summed E-state index contributed by atoms with van der Waals surface area (Å²) in [5.41, 5.74) is 4.17. The largest absolute Gasteiger partial charge is 0.494 e. The minimum Gasteiger partial charge on any atom is -0.494 e. The van der Waals surface area contributed by atoms with Crippen molar-refractivity contribution in [2.24, 2.45) is 0 Å². The van der Waals surface area contributed by atoms with E-state index in [2.05, 4.69) is 5.16 Å². The smallest absolute Gasteiger partial charge is 0.276 e. The number of carbonyl (C=O) groups is 1. The van der Waals surface area contributed by atoms with Crippen LogP contribution in [0.15, 0.2) is 53.1 Å². The van der Waals surface area contributed by atoms with E-state index in [4.69, 9.17) is 9.26 Å². The van der Waals surface area contributed by atoms with Crippen LogP contribution in [-0.2, 0) is 16.4 Å². The van der Waals surface area contributed by atoms with Crippen LogP contribution in [0.5, 0.6) is 5.75 Å².